The fourth-order valence-electron chi connectivity index (χ4n) is 1.39. The van der Waals surface area contributed by atoms with Crippen LogP contribution in [0.4, 0.5) is 5.69 Å². The number of nitrogens with zero attached hydrogens (tertiary/aromatic N) is 3. The van der Waals surface area contributed by atoms with Crippen molar-refractivity contribution in [2.24, 2.45) is 5.11 Å². The standard InChI is InChI=1S/C10H15N3Si/c1-8-5-6-9(12-13-11)10(7-8)14(2,3)4/h5-7H,1-4H3. The molecular formula is C10H15N3Si. The van der Waals surface area contributed by atoms with Gasteiger partial charge in [-0.2, -0.15) is 0 Å². The Morgan fingerprint density at radius 1 is 1.29 bits per heavy atom. The van der Waals surface area contributed by atoms with E-state index >= 15 is 0 Å². The van der Waals surface area contributed by atoms with Crippen LogP contribution in [0.25, 0.3) is 10.4 Å². The van der Waals surface area contributed by atoms with Crippen LogP contribution in [0, 0.1) is 6.92 Å². The SMILES string of the molecule is Cc1ccc(N=[N+]=[N-])c([Si](C)(C)C)c1. The maximum atomic E-state index is 8.45. The van der Waals surface area contributed by atoms with Gasteiger partial charge in [-0.3, -0.25) is 0 Å². The molecule has 0 aromatic heterocycles. The first-order chi connectivity index (χ1) is 6.45. The van der Waals surface area contributed by atoms with Crippen molar-refractivity contribution < 1.29 is 0 Å². The molecule has 0 aliphatic heterocycles. The molecular weight excluding hydrogens is 190 g/mol. The van der Waals surface area contributed by atoms with Crippen molar-refractivity contribution in [2.75, 3.05) is 0 Å². The third-order valence-electron chi connectivity index (χ3n) is 2.11. The highest BCUT2D eigenvalue weighted by Crippen LogP contribution is 2.16. The predicted octanol–water partition coefficient (Wildman–Crippen LogP) is 3.48. The largest absolute Gasteiger partial charge is 0.0782 e. The van der Waals surface area contributed by atoms with E-state index in [0.717, 1.165) is 5.69 Å². The van der Waals surface area contributed by atoms with E-state index < -0.39 is 8.07 Å². The molecule has 0 N–H and O–H groups in total. The van der Waals surface area contributed by atoms with Gasteiger partial charge in [-0.1, -0.05) is 53.7 Å². The van der Waals surface area contributed by atoms with Crippen molar-refractivity contribution in [3.05, 3.63) is 34.2 Å². The van der Waals surface area contributed by atoms with Crippen molar-refractivity contribution in [3.63, 3.8) is 0 Å². The molecule has 0 spiro atoms. The van der Waals surface area contributed by atoms with Gasteiger partial charge in [0.25, 0.3) is 0 Å². The van der Waals surface area contributed by atoms with Gasteiger partial charge < -0.3 is 0 Å². The molecule has 0 aliphatic rings. The Labute approximate surface area is 85.4 Å². The molecule has 3 nitrogen and oxygen atoms in total. The van der Waals surface area contributed by atoms with Crippen LogP contribution in [0.15, 0.2) is 23.3 Å². The first-order valence-electron chi connectivity index (χ1n) is 4.61. The van der Waals surface area contributed by atoms with Crippen LogP contribution in [0.2, 0.25) is 19.6 Å². The lowest BCUT2D eigenvalue weighted by molar-refractivity contribution is 1.43. The van der Waals surface area contributed by atoms with E-state index in [4.69, 9.17) is 5.53 Å². The summed E-state index contributed by atoms with van der Waals surface area (Å²) in [5.41, 5.74) is 10.5. The number of rotatable bonds is 2. The Morgan fingerprint density at radius 3 is 2.43 bits per heavy atom. The zero-order chi connectivity index (χ0) is 10.8. The van der Waals surface area contributed by atoms with Crippen LogP contribution in [0.3, 0.4) is 0 Å². The first kappa shape index (κ1) is 10.8. The minimum Gasteiger partial charge on any atom is -0.0656 e. The minimum absolute atomic E-state index is 0.789. The average molecular weight is 205 g/mol. The van der Waals surface area contributed by atoms with Gasteiger partial charge in [-0.05, 0) is 12.5 Å². The van der Waals surface area contributed by atoms with E-state index in [9.17, 15) is 0 Å². The van der Waals surface area contributed by atoms with Crippen LogP contribution in [0.1, 0.15) is 5.56 Å². The molecule has 0 fully saturated rings. The van der Waals surface area contributed by atoms with Crippen molar-refractivity contribution >= 4 is 18.9 Å². The zero-order valence-electron chi connectivity index (χ0n) is 9.07. The van der Waals surface area contributed by atoms with E-state index in [0.29, 0.717) is 0 Å². The first-order valence-corrected chi connectivity index (χ1v) is 8.11. The number of aryl methyl sites for hydroxylation is 1. The second-order valence-electron chi connectivity index (χ2n) is 4.46. The fraction of sp³-hybridized carbons (Fsp3) is 0.400. The molecule has 0 atom stereocenters. The van der Waals surface area contributed by atoms with Crippen LogP contribution in [0.5, 0.6) is 0 Å². The molecule has 0 radical (unpaired) electrons. The van der Waals surface area contributed by atoms with Crippen molar-refractivity contribution in [3.8, 4) is 0 Å². The van der Waals surface area contributed by atoms with Crippen LogP contribution >= 0.6 is 0 Å². The molecule has 0 unspecified atom stereocenters. The Balaban J connectivity index is 3.37. The summed E-state index contributed by atoms with van der Waals surface area (Å²) in [7, 11) is -1.41. The number of hydrogen-bond donors (Lipinski definition) is 0. The van der Waals surface area contributed by atoms with Crippen molar-refractivity contribution in [2.45, 2.75) is 26.6 Å². The maximum absolute atomic E-state index is 8.45. The molecule has 0 saturated carbocycles. The molecule has 0 amide bonds. The van der Waals surface area contributed by atoms with Crippen molar-refractivity contribution in [1.29, 1.82) is 0 Å². The molecule has 1 aromatic carbocycles. The van der Waals surface area contributed by atoms with Gasteiger partial charge in [0.15, 0.2) is 0 Å². The Kier molecular flexibility index (Phi) is 2.98. The summed E-state index contributed by atoms with van der Waals surface area (Å²) in [5, 5.41) is 4.96. The van der Waals surface area contributed by atoms with Gasteiger partial charge in [0.2, 0.25) is 0 Å². The monoisotopic (exact) mass is 205 g/mol. The highest BCUT2D eigenvalue weighted by atomic mass is 28.3. The maximum Gasteiger partial charge on any atom is 0.0782 e. The molecule has 4 heteroatoms. The lowest BCUT2D eigenvalue weighted by Crippen LogP contribution is -2.37. The third kappa shape index (κ3) is 2.37. The summed E-state index contributed by atoms with van der Waals surface area (Å²) >= 11 is 0. The van der Waals surface area contributed by atoms with E-state index in [2.05, 4.69) is 42.7 Å². The quantitative estimate of drug-likeness (QED) is 0.307. The number of hydrogen-bond acceptors (Lipinski definition) is 1. The lowest BCUT2D eigenvalue weighted by Gasteiger charge is -2.19. The normalized spacial score (nSPS) is 10.9. The summed E-state index contributed by atoms with van der Waals surface area (Å²) in [5.74, 6) is 0. The minimum atomic E-state index is -1.41. The van der Waals surface area contributed by atoms with E-state index in [-0.39, 0.29) is 0 Å². The highest BCUT2D eigenvalue weighted by molar-refractivity contribution is 6.89. The Bertz CT molecular complexity index is 387. The molecule has 1 aromatic rings. The molecule has 0 heterocycles. The summed E-state index contributed by atoms with van der Waals surface area (Å²) in [6.07, 6.45) is 0. The van der Waals surface area contributed by atoms with Crippen LogP contribution in [-0.4, -0.2) is 8.07 Å². The molecule has 1 rings (SSSR count). The lowest BCUT2D eigenvalue weighted by atomic mass is 10.2. The summed E-state index contributed by atoms with van der Waals surface area (Å²) in [6, 6.07) is 6.02. The van der Waals surface area contributed by atoms with E-state index in [1.165, 1.54) is 10.8 Å². The molecule has 14 heavy (non-hydrogen) atoms. The van der Waals surface area contributed by atoms with Gasteiger partial charge in [0.1, 0.15) is 0 Å². The Hall–Kier alpha value is -1.25. The second kappa shape index (κ2) is 3.86. The summed E-state index contributed by atoms with van der Waals surface area (Å²) in [4.78, 5) is 2.86. The van der Waals surface area contributed by atoms with E-state index in [1.807, 2.05) is 12.1 Å². The fourth-order valence-corrected chi connectivity index (χ4v) is 2.95. The van der Waals surface area contributed by atoms with E-state index in [1.54, 1.807) is 0 Å². The average Bonchev–Trinajstić information content (AvgIpc) is 2.07. The molecule has 0 saturated heterocycles. The highest BCUT2D eigenvalue weighted by Gasteiger charge is 2.19. The topological polar surface area (TPSA) is 48.8 Å². The van der Waals surface area contributed by atoms with Crippen LogP contribution < -0.4 is 5.19 Å². The molecule has 0 aliphatic carbocycles. The van der Waals surface area contributed by atoms with Gasteiger partial charge in [0.05, 0.1) is 8.07 Å². The number of azide groups is 1. The second-order valence-corrected chi connectivity index (χ2v) is 9.50. The van der Waals surface area contributed by atoms with Gasteiger partial charge in [-0.15, -0.1) is 0 Å². The third-order valence-corrected chi connectivity index (χ3v) is 4.13. The predicted molar refractivity (Wildman–Crippen MR) is 63.0 cm³/mol. The number of benzene rings is 1. The zero-order valence-corrected chi connectivity index (χ0v) is 10.1. The Morgan fingerprint density at radius 2 is 1.93 bits per heavy atom. The smallest absolute Gasteiger partial charge is 0.0656 e. The summed E-state index contributed by atoms with van der Waals surface area (Å²) < 4.78 is 0. The van der Waals surface area contributed by atoms with Gasteiger partial charge in [-0.25, -0.2) is 0 Å². The van der Waals surface area contributed by atoms with Crippen LogP contribution in [-0.2, 0) is 0 Å². The molecule has 0 bridgehead atoms. The van der Waals surface area contributed by atoms with Crippen molar-refractivity contribution in [1.82, 2.24) is 0 Å². The van der Waals surface area contributed by atoms with Gasteiger partial charge >= 0.3 is 0 Å². The van der Waals surface area contributed by atoms with Gasteiger partial charge in [0, 0.05) is 10.6 Å². The summed E-state index contributed by atoms with van der Waals surface area (Å²) in [6.45, 7) is 8.80. The molecule has 74 valence electrons.